The van der Waals surface area contributed by atoms with E-state index in [1.807, 2.05) is 0 Å². The van der Waals surface area contributed by atoms with Gasteiger partial charge in [0.05, 0.1) is 20.5 Å². The second-order valence-electron chi connectivity index (χ2n) is 5.75. The molecule has 0 amide bonds. The number of sulfone groups is 1. The zero-order valence-corrected chi connectivity index (χ0v) is 15.8. The van der Waals surface area contributed by atoms with E-state index in [4.69, 9.17) is 0 Å². The van der Waals surface area contributed by atoms with E-state index in [1.165, 1.54) is 35.0 Å². The maximum Gasteiger partial charge on any atom is 0.175 e. The Morgan fingerprint density at radius 2 is 1.65 bits per heavy atom. The van der Waals surface area contributed by atoms with Crippen molar-refractivity contribution in [3.8, 4) is 21.6 Å². The van der Waals surface area contributed by atoms with Gasteiger partial charge >= 0.3 is 0 Å². The molecule has 0 unspecified atom stereocenters. The molecule has 4 aromatic rings. The van der Waals surface area contributed by atoms with Gasteiger partial charge in [0, 0.05) is 16.7 Å². The topological polar surface area (TPSA) is 47.0 Å². The fourth-order valence-electron chi connectivity index (χ4n) is 2.71. The molecule has 0 bridgehead atoms. The minimum atomic E-state index is -3.29. The number of fused-ring (bicyclic) bond motifs is 1. The van der Waals surface area contributed by atoms with Gasteiger partial charge in [-0.25, -0.2) is 17.2 Å². The van der Waals surface area contributed by atoms with Crippen LogP contribution in [-0.4, -0.2) is 19.0 Å². The second kappa shape index (κ2) is 6.22. The predicted octanol–water partition coefficient (Wildman–Crippen LogP) is 5.37. The maximum absolute atomic E-state index is 13.7. The molecular weight excluding hydrogens is 396 g/mol. The molecule has 2 aromatic heterocycles. The molecule has 4 rings (SSSR count). The Kier molecular flexibility index (Phi) is 4.13. The van der Waals surface area contributed by atoms with Gasteiger partial charge in [-0.3, -0.25) is 0 Å². The first-order valence-electron chi connectivity index (χ1n) is 7.47. The Morgan fingerprint density at radius 3 is 2.31 bits per heavy atom. The number of rotatable bonds is 3. The molecule has 8 heteroatoms. The highest BCUT2D eigenvalue weighted by molar-refractivity contribution is 7.90. The molecule has 0 N–H and O–H groups in total. The Labute approximate surface area is 156 Å². The van der Waals surface area contributed by atoms with Crippen LogP contribution in [0.2, 0.25) is 0 Å². The van der Waals surface area contributed by atoms with Crippen LogP contribution in [0.1, 0.15) is 0 Å². The van der Waals surface area contributed by atoms with Crippen molar-refractivity contribution in [2.75, 3.05) is 6.26 Å². The summed E-state index contributed by atoms with van der Waals surface area (Å²) in [5.74, 6) is -1.80. The lowest BCUT2D eigenvalue weighted by molar-refractivity contribution is 0.509. The molecule has 0 radical (unpaired) electrons. The average molecular weight is 407 g/mol. The molecule has 2 heterocycles. The fourth-order valence-corrected chi connectivity index (χ4v) is 5.51. The van der Waals surface area contributed by atoms with Crippen LogP contribution >= 0.6 is 22.9 Å². The molecule has 26 heavy (non-hydrogen) atoms. The molecule has 0 saturated heterocycles. The van der Waals surface area contributed by atoms with E-state index in [9.17, 15) is 17.2 Å². The lowest BCUT2D eigenvalue weighted by atomic mass is 10.0. The highest BCUT2D eigenvalue weighted by atomic mass is 32.2. The minimum Gasteiger partial charge on any atom is -0.224 e. The zero-order valence-electron chi connectivity index (χ0n) is 13.4. The highest BCUT2D eigenvalue weighted by Crippen LogP contribution is 2.46. The van der Waals surface area contributed by atoms with Crippen LogP contribution in [0.15, 0.2) is 53.6 Å². The van der Waals surface area contributed by atoms with Crippen molar-refractivity contribution in [3.05, 3.63) is 60.3 Å². The van der Waals surface area contributed by atoms with Gasteiger partial charge in [-0.1, -0.05) is 18.2 Å². The van der Waals surface area contributed by atoms with Crippen LogP contribution in [0, 0.1) is 11.6 Å². The molecule has 132 valence electrons. The monoisotopic (exact) mass is 407 g/mol. The largest absolute Gasteiger partial charge is 0.224 e. The summed E-state index contributed by atoms with van der Waals surface area (Å²) in [7, 11) is -3.29. The lowest BCUT2D eigenvalue weighted by Gasteiger charge is -2.07. The van der Waals surface area contributed by atoms with Crippen LogP contribution < -0.4 is 0 Å². The van der Waals surface area contributed by atoms with E-state index in [-0.39, 0.29) is 4.90 Å². The van der Waals surface area contributed by atoms with E-state index in [1.54, 1.807) is 30.5 Å². The van der Waals surface area contributed by atoms with Gasteiger partial charge in [0.25, 0.3) is 0 Å². The van der Waals surface area contributed by atoms with E-state index in [0.29, 0.717) is 5.56 Å². The van der Waals surface area contributed by atoms with Crippen LogP contribution in [0.25, 0.3) is 31.0 Å². The van der Waals surface area contributed by atoms with Gasteiger partial charge in [0.15, 0.2) is 21.5 Å². The summed E-state index contributed by atoms with van der Waals surface area (Å²) in [6.07, 6.45) is 2.89. The van der Waals surface area contributed by atoms with Crippen molar-refractivity contribution >= 4 is 42.1 Å². The lowest BCUT2D eigenvalue weighted by Crippen LogP contribution is -1.96. The summed E-state index contributed by atoms with van der Waals surface area (Å²) in [5, 5.41) is 0. The number of hydrogen-bond donors (Lipinski definition) is 0. The molecule has 3 nitrogen and oxygen atoms in total. The van der Waals surface area contributed by atoms with Gasteiger partial charge in [0.1, 0.15) is 0 Å². The Balaban J connectivity index is 1.94. The first kappa shape index (κ1) is 17.3. The summed E-state index contributed by atoms with van der Waals surface area (Å²) in [6.45, 7) is 0. The number of nitrogens with zero attached hydrogens (tertiary/aromatic N) is 1. The molecule has 0 spiro atoms. The van der Waals surface area contributed by atoms with Gasteiger partial charge in [-0.05, 0) is 46.9 Å². The van der Waals surface area contributed by atoms with Gasteiger partial charge < -0.3 is 0 Å². The normalized spacial score (nSPS) is 12.0. The third-order valence-electron chi connectivity index (χ3n) is 3.96. The Hall–Kier alpha value is -2.16. The van der Waals surface area contributed by atoms with Gasteiger partial charge in [0.2, 0.25) is 0 Å². The summed E-state index contributed by atoms with van der Waals surface area (Å²) in [5.41, 5.74) is 2.21. The van der Waals surface area contributed by atoms with Crippen molar-refractivity contribution in [1.82, 2.24) is 4.37 Å². The van der Waals surface area contributed by atoms with Crippen molar-refractivity contribution in [1.29, 1.82) is 0 Å². The van der Waals surface area contributed by atoms with Crippen molar-refractivity contribution in [2.24, 2.45) is 0 Å². The zero-order chi connectivity index (χ0) is 18.5. The Morgan fingerprint density at radius 1 is 0.962 bits per heavy atom. The number of hydrogen-bond acceptors (Lipinski definition) is 5. The van der Waals surface area contributed by atoms with Crippen molar-refractivity contribution in [3.63, 3.8) is 0 Å². The molecular formula is C18H11F2NO2S3. The van der Waals surface area contributed by atoms with Crippen LogP contribution in [-0.2, 0) is 9.84 Å². The number of benzene rings is 2. The number of aromatic nitrogens is 1. The number of thiophene rings is 1. The third-order valence-corrected chi connectivity index (χ3v) is 7.21. The predicted molar refractivity (Wildman–Crippen MR) is 101 cm³/mol. The molecule has 0 aliphatic heterocycles. The van der Waals surface area contributed by atoms with E-state index in [0.717, 1.165) is 37.7 Å². The summed E-state index contributed by atoms with van der Waals surface area (Å²) in [6, 6.07) is 10.4. The summed E-state index contributed by atoms with van der Waals surface area (Å²) >= 11 is 2.76. The molecule has 0 aliphatic rings. The van der Waals surface area contributed by atoms with Crippen molar-refractivity contribution in [2.45, 2.75) is 4.90 Å². The SMILES string of the molecule is CS(=O)(=O)c1ccc(-c2c(-c3ccc(F)c(F)c3)sc3cnsc23)cc1. The molecule has 0 saturated carbocycles. The molecule has 2 aromatic carbocycles. The standard InChI is InChI=1S/C18H11F2NO2S3/c1-26(22,23)12-5-2-10(3-6-12)16-17(24-15-9-21-25-18(15)16)11-4-7-13(19)14(20)8-11/h2-9H,1H3. The smallest absolute Gasteiger partial charge is 0.175 e. The minimum absolute atomic E-state index is 0.228. The maximum atomic E-state index is 13.7. The second-order valence-corrected chi connectivity index (χ2v) is 9.62. The van der Waals surface area contributed by atoms with E-state index < -0.39 is 21.5 Å². The van der Waals surface area contributed by atoms with Gasteiger partial charge in [-0.2, -0.15) is 4.37 Å². The fraction of sp³-hybridized carbons (Fsp3) is 0.0556. The van der Waals surface area contributed by atoms with E-state index in [2.05, 4.69) is 4.37 Å². The highest BCUT2D eigenvalue weighted by Gasteiger charge is 2.19. The summed E-state index contributed by atoms with van der Waals surface area (Å²) in [4.78, 5) is 1.02. The molecule has 0 aliphatic carbocycles. The van der Waals surface area contributed by atoms with Gasteiger partial charge in [-0.15, -0.1) is 11.3 Å². The van der Waals surface area contributed by atoms with Crippen molar-refractivity contribution < 1.29 is 17.2 Å². The first-order chi connectivity index (χ1) is 12.3. The first-order valence-corrected chi connectivity index (χ1v) is 11.0. The average Bonchev–Trinajstić information content (AvgIpc) is 3.17. The molecule has 0 atom stereocenters. The van der Waals surface area contributed by atoms with Crippen LogP contribution in [0.4, 0.5) is 8.78 Å². The quantitative estimate of drug-likeness (QED) is 0.458. The van der Waals surface area contributed by atoms with Crippen LogP contribution in [0.3, 0.4) is 0 Å². The summed E-state index contributed by atoms with van der Waals surface area (Å²) < 4.78 is 56.4. The Bertz CT molecular complexity index is 1230. The third kappa shape index (κ3) is 2.94. The van der Waals surface area contributed by atoms with Crippen LogP contribution in [0.5, 0.6) is 0 Å². The molecule has 0 fully saturated rings. The number of halogens is 2. The van der Waals surface area contributed by atoms with E-state index >= 15 is 0 Å².